The molecule has 2 heterocycles. The number of rotatable bonds is 8. The molecule has 0 amide bonds. The van der Waals surface area contributed by atoms with Crippen LogP contribution in [0.25, 0.3) is 10.9 Å². The highest BCUT2D eigenvalue weighted by molar-refractivity contribution is 9.10. The number of carbonyl (C=O) groups is 1. The summed E-state index contributed by atoms with van der Waals surface area (Å²) in [4.78, 5) is 16.3. The molecule has 3 aromatic rings. The number of aromatic hydroxyl groups is 1. The van der Waals surface area contributed by atoms with Crippen molar-refractivity contribution in [1.82, 2.24) is 9.47 Å². The molecule has 1 aliphatic heterocycles. The number of carbonyl (C=O) groups excluding carboxylic acids is 1. The molecule has 1 aliphatic carbocycles. The van der Waals surface area contributed by atoms with Gasteiger partial charge in [0.05, 0.1) is 22.2 Å². The molecule has 1 saturated carbocycles. The van der Waals surface area contributed by atoms with E-state index in [-0.39, 0.29) is 18.4 Å². The molecule has 36 heavy (non-hydrogen) atoms. The highest BCUT2D eigenvalue weighted by Gasteiger charge is 2.35. The molecule has 0 atom stereocenters. The number of aromatic nitrogens is 1. The Bertz CT molecular complexity index is 1300. The van der Waals surface area contributed by atoms with E-state index in [4.69, 9.17) is 4.74 Å². The van der Waals surface area contributed by atoms with Gasteiger partial charge in [0.25, 0.3) is 0 Å². The zero-order valence-corrected chi connectivity index (χ0v) is 22.6. The number of hydrogen-bond acceptors (Lipinski definition) is 5. The first-order valence-electron chi connectivity index (χ1n) is 12.4. The van der Waals surface area contributed by atoms with Gasteiger partial charge in [-0.15, -0.1) is 11.8 Å². The van der Waals surface area contributed by atoms with Crippen molar-refractivity contribution >= 4 is 44.6 Å². The van der Waals surface area contributed by atoms with Crippen LogP contribution in [0.15, 0.2) is 33.6 Å². The van der Waals surface area contributed by atoms with Crippen molar-refractivity contribution in [3.05, 3.63) is 57.2 Å². The fraction of sp³-hybridized carbons (Fsp3) is 0.444. The molecule has 9 heteroatoms. The molecule has 0 spiro atoms. The maximum absolute atomic E-state index is 13.9. The van der Waals surface area contributed by atoms with Crippen LogP contribution in [-0.2, 0) is 17.0 Å². The summed E-state index contributed by atoms with van der Waals surface area (Å²) in [5.74, 6) is -1.69. The molecule has 5 rings (SSSR count). The van der Waals surface area contributed by atoms with Crippen molar-refractivity contribution in [3.63, 3.8) is 0 Å². The van der Waals surface area contributed by atoms with Crippen molar-refractivity contribution in [2.75, 3.05) is 19.7 Å². The molecule has 2 aliphatic rings. The lowest BCUT2D eigenvalue weighted by molar-refractivity contribution is 0.0527. The Kier molecular flexibility index (Phi) is 7.60. The summed E-state index contributed by atoms with van der Waals surface area (Å²) in [5, 5.41) is 11.9. The van der Waals surface area contributed by atoms with E-state index in [1.807, 2.05) is 6.07 Å². The maximum Gasteiger partial charge on any atom is 0.340 e. The number of phenolic OH excluding ortho intramolecular Hbond substituents is 1. The Labute approximate surface area is 221 Å². The first kappa shape index (κ1) is 25.5. The van der Waals surface area contributed by atoms with Crippen LogP contribution >= 0.6 is 27.7 Å². The summed E-state index contributed by atoms with van der Waals surface area (Å²) in [6.45, 7) is 4.44. The second-order valence-corrected chi connectivity index (χ2v) is 11.3. The lowest BCUT2D eigenvalue weighted by Gasteiger charge is -2.27. The number of hydrogen-bond donors (Lipinski definition) is 1. The SMILES string of the molecule is CCOC(=O)c1c(CSc2ccc(F)c(F)c2)n(C2CC2)c2cc(Br)c(O)c(CN3CCCCC3)c12. The Morgan fingerprint density at radius 3 is 2.58 bits per heavy atom. The molecule has 192 valence electrons. The standard InChI is InChI=1S/C27H29BrF2N2O3S/c1-2-35-27(34)25-23(15-36-17-8-9-20(29)21(30)12-17)32(16-6-7-16)22-13-19(28)26(33)18(24(22)25)14-31-10-4-3-5-11-31/h8-9,12-13,16,33H,2-7,10-11,14-15H2,1H3. The van der Waals surface area contributed by atoms with Crippen LogP contribution in [0.4, 0.5) is 8.78 Å². The first-order valence-corrected chi connectivity index (χ1v) is 14.2. The van der Waals surface area contributed by atoms with Gasteiger partial charge in [-0.3, -0.25) is 4.90 Å². The third-order valence-corrected chi connectivity index (χ3v) is 8.52. The predicted octanol–water partition coefficient (Wildman–Crippen LogP) is 7.18. The van der Waals surface area contributed by atoms with Crippen molar-refractivity contribution in [2.24, 2.45) is 0 Å². The predicted molar refractivity (Wildman–Crippen MR) is 141 cm³/mol. The van der Waals surface area contributed by atoms with Gasteiger partial charge in [0.2, 0.25) is 0 Å². The summed E-state index contributed by atoms with van der Waals surface area (Å²) in [6, 6.07) is 5.97. The second kappa shape index (κ2) is 10.7. The minimum absolute atomic E-state index is 0.145. The van der Waals surface area contributed by atoms with E-state index < -0.39 is 17.6 Å². The number of nitrogens with zero attached hydrogens (tertiary/aromatic N) is 2. The topological polar surface area (TPSA) is 54.7 Å². The van der Waals surface area contributed by atoms with Crippen LogP contribution in [0.2, 0.25) is 0 Å². The highest BCUT2D eigenvalue weighted by Crippen LogP contribution is 2.47. The molecule has 1 N–H and O–H groups in total. The second-order valence-electron chi connectivity index (χ2n) is 9.42. The maximum atomic E-state index is 13.9. The van der Waals surface area contributed by atoms with Crippen molar-refractivity contribution < 1.29 is 23.4 Å². The van der Waals surface area contributed by atoms with E-state index in [9.17, 15) is 18.7 Å². The Morgan fingerprint density at radius 1 is 1.17 bits per heavy atom. The fourth-order valence-electron chi connectivity index (χ4n) is 5.08. The average molecular weight is 580 g/mol. The number of fused-ring (bicyclic) bond motifs is 1. The Balaban J connectivity index is 1.66. The largest absolute Gasteiger partial charge is 0.506 e. The molecule has 0 bridgehead atoms. The van der Waals surface area contributed by atoms with E-state index in [1.54, 1.807) is 13.0 Å². The van der Waals surface area contributed by atoms with Crippen molar-refractivity contribution in [2.45, 2.75) is 62.3 Å². The van der Waals surface area contributed by atoms with E-state index >= 15 is 0 Å². The number of ether oxygens (including phenoxy) is 1. The van der Waals surface area contributed by atoms with Crippen LogP contribution in [0.3, 0.4) is 0 Å². The number of esters is 1. The Morgan fingerprint density at radius 2 is 1.92 bits per heavy atom. The van der Waals surface area contributed by atoms with E-state index in [0.29, 0.717) is 27.2 Å². The summed E-state index contributed by atoms with van der Waals surface area (Å²) >= 11 is 4.90. The van der Waals surface area contributed by atoms with Crippen LogP contribution in [-0.4, -0.2) is 40.2 Å². The number of likely N-dealkylation sites (tertiary alicyclic amines) is 1. The number of halogens is 3. The highest BCUT2D eigenvalue weighted by atomic mass is 79.9. The third kappa shape index (κ3) is 5.02. The molecule has 2 fully saturated rings. The van der Waals surface area contributed by atoms with Crippen molar-refractivity contribution in [1.29, 1.82) is 0 Å². The molecule has 1 aromatic heterocycles. The average Bonchev–Trinajstić information content (AvgIpc) is 3.65. The number of benzene rings is 2. The van der Waals surface area contributed by atoms with Gasteiger partial charge in [0.1, 0.15) is 5.75 Å². The van der Waals surface area contributed by atoms with E-state index in [0.717, 1.165) is 67.0 Å². The molecule has 5 nitrogen and oxygen atoms in total. The zero-order chi connectivity index (χ0) is 25.4. The van der Waals surface area contributed by atoms with Crippen LogP contribution < -0.4 is 0 Å². The van der Waals surface area contributed by atoms with Crippen LogP contribution in [0.1, 0.15) is 66.7 Å². The van der Waals surface area contributed by atoms with Gasteiger partial charge in [-0.2, -0.15) is 0 Å². The van der Waals surface area contributed by atoms with Gasteiger partial charge < -0.3 is 14.4 Å². The fourth-order valence-corrected chi connectivity index (χ4v) is 6.48. The molecular formula is C27H29BrF2N2O3S. The lowest BCUT2D eigenvalue weighted by Crippen LogP contribution is -2.29. The van der Waals surface area contributed by atoms with Crippen LogP contribution in [0, 0.1) is 11.6 Å². The summed E-state index contributed by atoms with van der Waals surface area (Å²) in [6.07, 6.45) is 5.42. The molecular weight excluding hydrogens is 550 g/mol. The number of thioether (sulfide) groups is 1. The minimum Gasteiger partial charge on any atom is -0.506 e. The smallest absolute Gasteiger partial charge is 0.340 e. The number of piperidine rings is 1. The zero-order valence-electron chi connectivity index (χ0n) is 20.2. The summed E-state index contributed by atoms with van der Waals surface area (Å²) in [5.41, 5.74) is 2.86. The van der Waals surface area contributed by atoms with Crippen molar-refractivity contribution in [3.8, 4) is 5.75 Å². The van der Waals surface area contributed by atoms with Gasteiger partial charge in [0.15, 0.2) is 11.6 Å². The molecule has 2 aromatic carbocycles. The quantitative estimate of drug-likeness (QED) is 0.227. The minimum atomic E-state index is -0.897. The molecule has 0 radical (unpaired) electrons. The number of phenols is 1. The lowest BCUT2D eigenvalue weighted by atomic mass is 10.0. The van der Waals surface area contributed by atoms with Gasteiger partial charge in [0, 0.05) is 39.9 Å². The summed E-state index contributed by atoms with van der Waals surface area (Å²) in [7, 11) is 0. The van der Waals surface area contributed by atoms with Crippen LogP contribution in [0.5, 0.6) is 5.75 Å². The van der Waals surface area contributed by atoms with Gasteiger partial charge in [-0.1, -0.05) is 6.42 Å². The van der Waals surface area contributed by atoms with Gasteiger partial charge in [-0.05, 0) is 85.9 Å². The monoisotopic (exact) mass is 578 g/mol. The molecule has 1 saturated heterocycles. The first-order chi connectivity index (χ1) is 17.4. The molecule has 0 unspecified atom stereocenters. The normalized spacial score (nSPS) is 16.6. The van der Waals surface area contributed by atoms with Gasteiger partial charge in [-0.25, -0.2) is 13.6 Å². The van der Waals surface area contributed by atoms with E-state index in [1.165, 1.54) is 24.2 Å². The Hall–Kier alpha value is -2.10. The van der Waals surface area contributed by atoms with Gasteiger partial charge >= 0.3 is 5.97 Å². The summed E-state index contributed by atoms with van der Waals surface area (Å²) < 4.78 is 35.6. The third-order valence-electron chi connectivity index (χ3n) is 6.91. The van der Waals surface area contributed by atoms with E-state index in [2.05, 4.69) is 25.4 Å².